The highest BCUT2D eigenvalue weighted by molar-refractivity contribution is 5.39. The van der Waals surface area contributed by atoms with E-state index in [1.807, 2.05) is 12.1 Å². The van der Waals surface area contributed by atoms with E-state index in [9.17, 15) is 0 Å². The van der Waals surface area contributed by atoms with Crippen molar-refractivity contribution in [2.75, 3.05) is 5.73 Å². The van der Waals surface area contributed by atoms with Gasteiger partial charge in [0.05, 0.1) is 0 Å². The van der Waals surface area contributed by atoms with Crippen molar-refractivity contribution < 1.29 is 0 Å². The topological polar surface area (TPSA) is 29.3 Å². The molecular weight excluding hydrogens is 244 g/mol. The van der Waals surface area contributed by atoms with Crippen molar-refractivity contribution in [3.8, 4) is 0 Å². The zero-order chi connectivity index (χ0) is 13.9. The lowest BCUT2D eigenvalue weighted by molar-refractivity contribution is 0.120. The van der Waals surface area contributed by atoms with Crippen LogP contribution in [0, 0.1) is 5.92 Å². The number of nitrogen functional groups attached to an aromatic ring is 1. The second kappa shape index (κ2) is 6.17. The number of benzene rings is 1. The molecule has 0 amide bonds. The summed E-state index contributed by atoms with van der Waals surface area (Å²) in [6.07, 6.45) is 9.87. The molecule has 2 aliphatic rings. The van der Waals surface area contributed by atoms with Crippen LogP contribution in [-0.2, 0) is 6.54 Å². The van der Waals surface area contributed by atoms with Crippen LogP contribution in [0.1, 0.15) is 57.4 Å². The predicted molar refractivity (Wildman–Crippen MR) is 85.5 cm³/mol. The van der Waals surface area contributed by atoms with Crippen LogP contribution >= 0.6 is 0 Å². The van der Waals surface area contributed by atoms with E-state index in [2.05, 4.69) is 24.0 Å². The van der Waals surface area contributed by atoms with Gasteiger partial charge in [-0.25, -0.2) is 0 Å². The molecule has 3 rings (SSSR count). The number of rotatable bonds is 5. The van der Waals surface area contributed by atoms with Gasteiger partial charge in [-0.1, -0.05) is 25.5 Å². The van der Waals surface area contributed by atoms with Gasteiger partial charge in [-0.3, -0.25) is 4.90 Å². The van der Waals surface area contributed by atoms with Gasteiger partial charge in [0.2, 0.25) is 0 Å². The molecule has 0 aliphatic heterocycles. The predicted octanol–water partition coefficient (Wildman–Crippen LogP) is 4.20. The van der Waals surface area contributed by atoms with E-state index in [0.717, 1.165) is 30.2 Å². The highest BCUT2D eigenvalue weighted by atomic mass is 15.2. The number of hydrogen-bond acceptors (Lipinski definition) is 2. The Kier molecular flexibility index (Phi) is 4.30. The van der Waals surface area contributed by atoms with Crippen LogP contribution in [0.2, 0.25) is 0 Å². The number of anilines is 1. The third-order valence-corrected chi connectivity index (χ3v) is 5.22. The molecule has 0 heterocycles. The molecule has 2 saturated carbocycles. The summed E-state index contributed by atoms with van der Waals surface area (Å²) in [6.45, 7) is 3.46. The van der Waals surface area contributed by atoms with Gasteiger partial charge in [0.25, 0.3) is 0 Å². The molecule has 1 aromatic rings. The van der Waals surface area contributed by atoms with Crippen molar-refractivity contribution in [1.29, 1.82) is 0 Å². The normalized spacial score (nSPS) is 26.9. The monoisotopic (exact) mass is 272 g/mol. The van der Waals surface area contributed by atoms with Crippen molar-refractivity contribution in [1.82, 2.24) is 4.90 Å². The zero-order valence-corrected chi connectivity index (χ0v) is 12.7. The lowest BCUT2D eigenvalue weighted by Crippen LogP contribution is -2.39. The van der Waals surface area contributed by atoms with Crippen LogP contribution in [0.25, 0.3) is 0 Å². The number of nitrogens with zero attached hydrogens (tertiary/aromatic N) is 1. The quantitative estimate of drug-likeness (QED) is 0.814. The van der Waals surface area contributed by atoms with Gasteiger partial charge in [0.15, 0.2) is 0 Å². The van der Waals surface area contributed by atoms with Gasteiger partial charge < -0.3 is 5.73 Å². The second-order valence-corrected chi connectivity index (χ2v) is 6.73. The fourth-order valence-electron chi connectivity index (χ4n) is 3.68. The molecule has 2 fully saturated rings. The summed E-state index contributed by atoms with van der Waals surface area (Å²) >= 11 is 0. The molecule has 2 heteroatoms. The van der Waals surface area contributed by atoms with E-state index in [0.29, 0.717) is 0 Å². The number of hydrogen-bond donors (Lipinski definition) is 1. The molecule has 0 saturated heterocycles. The molecule has 2 nitrogen and oxygen atoms in total. The van der Waals surface area contributed by atoms with Crippen molar-refractivity contribution in [3.63, 3.8) is 0 Å². The molecule has 2 aliphatic carbocycles. The average molecular weight is 272 g/mol. The highest BCUT2D eigenvalue weighted by Crippen LogP contribution is 2.37. The van der Waals surface area contributed by atoms with E-state index < -0.39 is 0 Å². The maximum atomic E-state index is 5.79. The summed E-state index contributed by atoms with van der Waals surface area (Å²) in [6, 6.07) is 10.1. The molecule has 0 radical (unpaired) electrons. The Bertz CT molecular complexity index is 414. The standard InChI is InChI=1S/C18H28N2/c1-2-14-5-9-17(10-6-14)20(18-11-12-18)13-15-3-7-16(19)8-4-15/h3-4,7-8,14,17-18H,2,5-6,9-13,19H2,1H3. The summed E-state index contributed by atoms with van der Waals surface area (Å²) in [5, 5.41) is 0. The third kappa shape index (κ3) is 3.35. The van der Waals surface area contributed by atoms with E-state index >= 15 is 0 Å². The maximum absolute atomic E-state index is 5.79. The van der Waals surface area contributed by atoms with E-state index in [4.69, 9.17) is 5.73 Å². The molecular formula is C18H28N2. The fraction of sp³-hybridized carbons (Fsp3) is 0.667. The third-order valence-electron chi connectivity index (χ3n) is 5.22. The lowest BCUT2D eigenvalue weighted by Gasteiger charge is -2.37. The number of nitrogens with two attached hydrogens (primary N) is 1. The molecule has 0 bridgehead atoms. The van der Waals surface area contributed by atoms with Crippen LogP contribution in [0.15, 0.2) is 24.3 Å². The van der Waals surface area contributed by atoms with Crippen molar-refractivity contribution >= 4 is 5.69 Å². The summed E-state index contributed by atoms with van der Waals surface area (Å²) < 4.78 is 0. The molecule has 110 valence electrons. The molecule has 0 unspecified atom stereocenters. The Morgan fingerprint density at radius 3 is 2.00 bits per heavy atom. The van der Waals surface area contributed by atoms with E-state index in [1.54, 1.807) is 0 Å². The Morgan fingerprint density at radius 2 is 1.50 bits per heavy atom. The van der Waals surface area contributed by atoms with Crippen molar-refractivity contribution in [2.45, 2.75) is 70.5 Å². The molecule has 2 N–H and O–H groups in total. The summed E-state index contributed by atoms with van der Waals surface area (Å²) in [5.74, 6) is 0.990. The fourth-order valence-corrected chi connectivity index (χ4v) is 3.68. The minimum atomic E-state index is 0.822. The van der Waals surface area contributed by atoms with Crippen LogP contribution < -0.4 is 5.73 Å². The van der Waals surface area contributed by atoms with Crippen molar-refractivity contribution in [2.24, 2.45) is 5.92 Å². The Morgan fingerprint density at radius 1 is 0.950 bits per heavy atom. The Labute approximate surface area is 123 Å². The van der Waals surface area contributed by atoms with Gasteiger partial charge in [-0.2, -0.15) is 0 Å². The Balaban J connectivity index is 1.62. The highest BCUT2D eigenvalue weighted by Gasteiger charge is 2.35. The molecule has 0 atom stereocenters. The summed E-state index contributed by atoms with van der Waals surface area (Å²) in [7, 11) is 0. The molecule has 20 heavy (non-hydrogen) atoms. The molecule has 0 spiro atoms. The minimum absolute atomic E-state index is 0.822. The maximum Gasteiger partial charge on any atom is 0.0314 e. The van der Waals surface area contributed by atoms with Crippen LogP contribution in [0.3, 0.4) is 0 Å². The van der Waals surface area contributed by atoms with Crippen LogP contribution in [0.4, 0.5) is 5.69 Å². The van der Waals surface area contributed by atoms with Gasteiger partial charge in [-0.15, -0.1) is 0 Å². The zero-order valence-electron chi connectivity index (χ0n) is 12.7. The van der Waals surface area contributed by atoms with Crippen molar-refractivity contribution in [3.05, 3.63) is 29.8 Å². The van der Waals surface area contributed by atoms with Crippen LogP contribution in [-0.4, -0.2) is 17.0 Å². The second-order valence-electron chi connectivity index (χ2n) is 6.73. The molecule has 1 aromatic carbocycles. The van der Waals surface area contributed by atoms with E-state index in [-0.39, 0.29) is 0 Å². The summed E-state index contributed by atoms with van der Waals surface area (Å²) in [5.41, 5.74) is 8.08. The average Bonchev–Trinajstić information content (AvgIpc) is 3.31. The molecule has 0 aromatic heterocycles. The first kappa shape index (κ1) is 13.9. The van der Waals surface area contributed by atoms with Gasteiger partial charge >= 0.3 is 0 Å². The minimum Gasteiger partial charge on any atom is -0.399 e. The smallest absolute Gasteiger partial charge is 0.0314 e. The van der Waals surface area contributed by atoms with Gasteiger partial charge in [0, 0.05) is 24.3 Å². The van der Waals surface area contributed by atoms with Gasteiger partial charge in [0.1, 0.15) is 0 Å². The van der Waals surface area contributed by atoms with E-state index in [1.165, 1.54) is 50.5 Å². The lowest BCUT2D eigenvalue weighted by atomic mass is 9.83. The Hall–Kier alpha value is -1.02. The first-order valence-corrected chi connectivity index (χ1v) is 8.36. The SMILES string of the molecule is CCC1CCC(N(Cc2ccc(N)cc2)C2CC2)CC1. The first-order chi connectivity index (χ1) is 9.76. The first-order valence-electron chi connectivity index (χ1n) is 8.36. The largest absolute Gasteiger partial charge is 0.399 e. The van der Waals surface area contributed by atoms with Crippen LogP contribution in [0.5, 0.6) is 0 Å². The van der Waals surface area contributed by atoms with Gasteiger partial charge in [-0.05, 0) is 62.1 Å². The summed E-state index contributed by atoms with van der Waals surface area (Å²) in [4.78, 5) is 2.79.